The molecule has 1 aromatic carbocycles. The summed E-state index contributed by atoms with van der Waals surface area (Å²) in [6, 6.07) is 3.83. The van der Waals surface area contributed by atoms with Gasteiger partial charge in [0.15, 0.2) is 0 Å². The van der Waals surface area contributed by atoms with E-state index in [9.17, 15) is 23.4 Å². The molecule has 0 amide bonds. The maximum atomic E-state index is 12.9. The summed E-state index contributed by atoms with van der Waals surface area (Å²) < 4.78 is 39.0. The highest BCUT2D eigenvalue weighted by Crippen LogP contribution is 2.39. The highest BCUT2D eigenvalue weighted by molar-refractivity contribution is 9.10. The minimum Gasteiger partial charge on any atom is -0.389 e. The van der Waals surface area contributed by atoms with Crippen LogP contribution < -0.4 is 4.90 Å². The Morgan fingerprint density at radius 2 is 1.72 bits per heavy atom. The maximum absolute atomic E-state index is 12.9. The third-order valence-corrected chi connectivity index (χ3v) is 3.36. The molecule has 1 aliphatic heterocycles. The molecule has 2 unspecified atom stereocenters. The number of anilines is 1. The summed E-state index contributed by atoms with van der Waals surface area (Å²) in [6.07, 6.45) is -6.51. The molecule has 0 radical (unpaired) electrons. The Bertz CT molecular complexity index is 442. The first-order chi connectivity index (χ1) is 8.29. The Labute approximate surface area is 110 Å². The number of rotatable bonds is 1. The van der Waals surface area contributed by atoms with Gasteiger partial charge in [-0.25, -0.2) is 0 Å². The minimum absolute atomic E-state index is 0.00806. The van der Waals surface area contributed by atoms with Gasteiger partial charge < -0.3 is 15.1 Å². The van der Waals surface area contributed by atoms with Crippen LogP contribution in [0.3, 0.4) is 0 Å². The van der Waals surface area contributed by atoms with Gasteiger partial charge in [-0.3, -0.25) is 0 Å². The molecule has 1 saturated heterocycles. The van der Waals surface area contributed by atoms with E-state index in [1.165, 1.54) is 17.0 Å². The van der Waals surface area contributed by atoms with Crippen molar-refractivity contribution in [3.63, 3.8) is 0 Å². The number of aliphatic hydroxyl groups excluding tert-OH is 2. The van der Waals surface area contributed by atoms with Crippen molar-refractivity contribution in [2.75, 3.05) is 18.0 Å². The lowest BCUT2D eigenvalue weighted by atomic mass is 10.1. The Morgan fingerprint density at radius 1 is 1.17 bits per heavy atom. The van der Waals surface area contributed by atoms with Crippen molar-refractivity contribution >= 4 is 21.6 Å². The fourth-order valence-electron chi connectivity index (χ4n) is 1.98. The zero-order valence-electron chi connectivity index (χ0n) is 9.15. The molecule has 18 heavy (non-hydrogen) atoms. The molecule has 3 nitrogen and oxygen atoms in total. The molecule has 7 heteroatoms. The molecule has 100 valence electrons. The number of alkyl halides is 3. The summed E-state index contributed by atoms with van der Waals surface area (Å²) in [7, 11) is 0. The predicted molar refractivity (Wildman–Crippen MR) is 63.4 cm³/mol. The lowest BCUT2D eigenvalue weighted by Gasteiger charge is -2.22. The van der Waals surface area contributed by atoms with Gasteiger partial charge in [0.25, 0.3) is 0 Å². The maximum Gasteiger partial charge on any atom is 0.418 e. The molecule has 0 bridgehead atoms. The predicted octanol–water partition coefficient (Wildman–Crippen LogP) is 2.01. The molecule has 0 saturated carbocycles. The second kappa shape index (κ2) is 4.71. The summed E-state index contributed by atoms with van der Waals surface area (Å²) in [5.41, 5.74) is -0.806. The van der Waals surface area contributed by atoms with E-state index in [-0.39, 0.29) is 18.8 Å². The normalized spacial score (nSPS) is 24.7. The molecule has 2 N–H and O–H groups in total. The van der Waals surface area contributed by atoms with Gasteiger partial charge in [-0.15, -0.1) is 0 Å². The van der Waals surface area contributed by atoms with Crippen LogP contribution in [0.15, 0.2) is 22.7 Å². The summed E-state index contributed by atoms with van der Waals surface area (Å²) in [5, 5.41) is 18.8. The molecule has 2 atom stereocenters. The summed E-state index contributed by atoms with van der Waals surface area (Å²) in [4.78, 5) is 1.34. The monoisotopic (exact) mass is 325 g/mol. The van der Waals surface area contributed by atoms with Crippen LogP contribution in [-0.2, 0) is 6.18 Å². The lowest BCUT2D eigenvalue weighted by molar-refractivity contribution is -0.137. The topological polar surface area (TPSA) is 43.7 Å². The van der Waals surface area contributed by atoms with Gasteiger partial charge in [0.1, 0.15) is 0 Å². The van der Waals surface area contributed by atoms with E-state index in [0.29, 0.717) is 4.47 Å². The number of hydrogen-bond donors (Lipinski definition) is 2. The van der Waals surface area contributed by atoms with E-state index in [1.54, 1.807) is 0 Å². The van der Waals surface area contributed by atoms with Crippen molar-refractivity contribution in [3.05, 3.63) is 28.2 Å². The van der Waals surface area contributed by atoms with Gasteiger partial charge in [-0.1, -0.05) is 15.9 Å². The molecule has 1 heterocycles. The number of nitrogens with zero attached hydrogens (tertiary/aromatic N) is 1. The van der Waals surface area contributed by atoms with Crippen LogP contribution in [0.5, 0.6) is 0 Å². The Kier molecular flexibility index (Phi) is 3.57. The molecule has 1 fully saturated rings. The molecule has 0 spiro atoms. The second-order valence-corrected chi connectivity index (χ2v) is 5.11. The van der Waals surface area contributed by atoms with Crippen LogP contribution in [0.25, 0.3) is 0 Å². The van der Waals surface area contributed by atoms with Gasteiger partial charge in [-0.2, -0.15) is 13.2 Å². The zero-order valence-corrected chi connectivity index (χ0v) is 10.7. The largest absolute Gasteiger partial charge is 0.418 e. The van der Waals surface area contributed by atoms with Crippen molar-refractivity contribution in [3.8, 4) is 0 Å². The fraction of sp³-hybridized carbons (Fsp3) is 0.455. The summed E-state index contributed by atoms with van der Waals surface area (Å²) in [6.45, 7) is -0.0161. The van der Waals surface area contributed by atoms with E-state index >= 15 is 0 Å². The molecule has 1 aliphatic rings. The number of β-amino-alcohol motifs (C(OH)–C–C–N with tert-alkyl or cyclic N) is 2. The van der Waals surface area contributed by atoms with Gasteiger partial charge in [0, 0.05) is 23.2 Å². The van der Waals surface area contributed by atoms with Crippen LogP contribution in [0.4, 0.5) is 18.9 Å². The van der Waals surface area contributed by atoms with Gasteiger partial charge in [0.2, 0.25) is 0 Å². The Balaban J connectivity index is 2.39. The number of hydrogen-bond acceptors (Lipinski definition) is 3. The number of aliphatic hydroxyl groups is 2. The quantitative estimate of drug-likeness (QED) is 0.830. The van der Waals surface area contributed by atoms with Crippen LogP contribution in [0.1, 0.15) is 5.56 Å². The van der Waals surface area contributed by atoms with E-state index in [0.717, 1.165) is 6.07 Å². The van der Waals surface area contributed by atoms with Crippen molar-refractivity contribution < 1.29 is 23.4 Å². The molecular formula is C11H11BrF3NO2. The van der Waals surface area contributed by atoms with Crippen molar-refractivity contribution in [1.82, 2.24) is 0 Å². The smallest absolute Gasteiger partial charge is 0.389 e. The average Bonchev–Trinajstić information content (AvgIpc) is 2.57. The fourth-order valence-corrected chi connectivity index (χ4v) is 2.34. The van der Waals surface area contributed by atoms with Gasteiger partial charge in [0.05, 0.1) is 17.8 Å². The van der Waals surface area contributed by atoms with Crippen LogP contribution in [-0.4, -0.2) is 35.5 Å². The van der Waals surface area contributed by atoms with Crippen LogP contribution >= 0.6 is 15.9 Å². The van der Waals surface area contributed by atoms with Crippen LogP contribution in [0, 0.1) is 0 Å². The standard InChI is InChI=1S/C11H11BrF3NO2/c12-6-1-2-8(7(3-6)11(13,14)15)16-4-9(17)10(18)5-16/h1-3,9-10,17-18H,4-5H2. The van der Waals surface area contributed by atoms with Crippen molar-refractivity contribution in [1.29, 1.82) is 0 Å². The van der Waals surface area contributed by atoms with E-state index in [1.807, 2.05) is 0 Å². The number of benzene rings is 1. The van der Waals surface area contributed by atoms with Gasteiger partial charge >= 0.3 is 6.18 Å². The SMILES string of the molecule is OC1CN(c2ccc(Br)cc2C(F)(F)F)CC1O. The zero-order chi connectivity index (χ0) is 13.5. The second-order valence-electron chi connectivity index (χ2n) is 4.20. The molecule has 1 aromatic rings. The van der Waals surface area contributed by atoms with Gasteiger partial charge in [-0.05, 0) is 18.2 Å². The average molecular weight is 326 g/mol. The van der Waals surface area contributed by atoms with E-state index in [4.69, 9.17) is 0 Å². The first kappa shape index (κ1) is 13.6. The van der Waals surface area contributed by atoms with Crippen LogP contribution in [0.2, 0.25) is 0 Å². The van der Waals surface area contributed by atoms with E-state index in [2.05, 4.69) is 15.9 Å². The first-order valence-corrected chi connectivity index (χ1v) is 6.06. The lowest BCUT2D eigenvalue weighted by Crippen LogP contribution is -2.24. The molecule has 0 aliphatic carbocycles. The first-order valence-electron chi connectivity index (χ1n) is 5.27. The number of halogens is 4. The summed E-state index contributed by atoms with van der Waals surface area (Å²) >= 11 is 3.00. The van der Waals surface area contributed by atoms with E-state index < -0.39 is 23.9 Å². The van der Waals surface area contributed by atoms with Crippen molar-refractivity contribution in [2.45, 2.75) is 18.4 Å². The molecule has 0 aromatic heterocycles. The molecular weight excluding hydrogens is 315 g/mol. The highest BCUT2D eigenvalue weighted by atomic mass is 79.9. The third-order valence-electron chi connectivity index (χ3n) is 2.86. The highest BCUT2D eigenvalue weighted by Gasteiger charge is 2.38. The summed E-state index contributed by atoms with van der Waals surface area (Å²) in [5.74, 6) is 0. The Hall–Kier alpha value is -0.790. The Morgan fingerprint density at radius 3 is 2.22 bits per heavy atom. The third kappa shape index (κ3) is 2.62. The minimum atomic E-state index is -4.47. The van der Waals surface area contributed by atoms with Crippen molar-refractivity contribution in [2.24, 2.45) is 0 Å². The molecule has 2 rings (SSSR count).